The molecule has 7 heteroatoms. The molecule has 0 unspecified atom stereocenters. The van der Waals surface area contributed by atoms with E-state index in [2.05, 4.69) is 9.72 Å². The van der Waals surface area contributed by atoms with Gasteiger partial charge in [0.2, 0.25) is 0 Å². The molecule has 0 spiro atoms. The SMILES string of the molecule is CCOC(=O)/C=c1/[nH]c(=O)/c(=C/C(=O)O)s1. The number of nitrogens with one attached hydrogen (secondary N) is 1. The highest BCUT2D eigenvalue weighted by atomic mass is 32.1. The monoisotopic (exact) mass is 243 g/mol. The van der Waals surface area contributed by atoms with Gasteiger partial charge in [0.15, 0.2) is 0 Å². The van der Waals surface area contributed by atoms with Crippen LogP contribution in [0.1, 0.15) is 6.92 Å². The first-order valence-electron chi connectivity index (χ1n) is 4.35. The van der Waals surface area contributed by atoms with E-state index in [0.29, 0.717) is 0 Å². The van der Waals surface area contributed by atoms with Gasteiger partial charge < -0.3 is 14.8 Å². The molecular weight excluding hydrogens is 234 g/mol. The molecule has 1 aromatic heterocycles. The summed E-state index contributed by atoms with van der Waals surface area (Å²) in [6.45, 7) is 1.89. The van der Waals surface area contributed by atoms with Crippen molar-refractivity contribution in [1.82, 2.24) is 4.98 Å². The van der Waals surface area contributed by atoms with Crippen molar-refractivity contribution in [2.75, 3.05) is 6.61 Å². The standard InChI is InChI=1S/C9H9NO5S/c1-2-15-8(13)4-6-10-9(14)5(16-6)3-7(11)12/h3-4H,2H2,1H3,(H,10,14)(H,11,12)/b5-3-,6-4-. The van der Waals surface area contributed by atoms with Crippen LogP contribution in [0.3, 0.4) is 0 Å². The number of aromatic amines is 1. The normalized spacial score (nSPS) is 12.8. The topological polar surface area (TPSA) is 96.5 Å². The fourth-order valence-corrected chi connectivity index (χ4v) is 1.77. The third-order valence-corrected chi connectivity index (χ3v) is 2.43. The van der Waals surface area contributed by atoms with Crippen LogP contribution in [0.2, 0.25) is 0 Å². The van der Waals surface area contributed by atoms with Gasteiger partial charge in [-0.2, -0.15) is 0 Å². The summed E-state index contributed by atoms with van der Waals surface area (Å²) in [5.74, 6) is -1.79. The number of aromatic nitrogens is 1. The van der Waals surface area contributed by atoms with Gasteiger partial charge in [-0.3, -0.25) is 4.79 Å². The van der Waals surface area contributed by atoms with E-state index in [1.54, 1.807) is 6.92 Å². The predicted octanol–water partition coefficient (Wildman–Crippen LogP) is -1.35. The second-order valence-corrected chi connectivity index (χ2v) is 3.75. The van der Waals surface area contributed by atoms with E-state index in [1.807, 2.05) is 0 Å². The minimum atomic E-state index is -1.21. The van der Waals surface area contributed by atoms with E-state index in [-0.39, 0.29) is 15.8 Å². The van der Waals surface area contributed by atoms with E-state index >= 15 is 0 Å². The zero-order valence-corrected chi connectivity index (χ0v) is 9.17. The quantitative estimate of drug-likeness (QED) is 0.639. The highest BCUT2D eigenvalue weighted by Gasteiger charge is 1.99. The van der Waals surface area contributed by atoms with Gasteiger partial charge in [0.25, 0.3) is 5.56 Å². The molecule has 0 aromatic carbocycles. The molecule has 6 nitrogen and oxygen atoms in total. The lowest BCUT2D eigenvalue weighted by atomic mass is 10.6. The maximum absolute atomic E-state index is 11.2. The maximum atomic E-state index is 11.2. The zero-order valence-electron chi connectivity index (χ0n) is 8.35. The van der Waals surface area contributed by atoms with Crippen LogP contribution < -0.4 is 14.8 Å². The average molecular weight is 243 g/mol. The van der Waals surface area contributed by atoms with Crippen LogP contribution in [0.15, 0.2) is 4.79 Å². The lowest BCUT2D eigenvalue weighted by molar-refractivity contribution is -0.135. The number of H-pyrrole nitrogens is 1. The van der Waals surface area contributed by atoms with E-state index in [1.165, 1.54) is 0 Å². The highest BCUT2D eigenvalue weighted by molar-refractivity contribution is 7.07. The second-order valence-electron chi connectivity index (χ2n) is 2.66. The molecule has 0 saturated heterocycles. The van der Waals surface area contributed by atoms with Gasteiger partial charge in [0, 0.05) is 6.08 Å². The molecule has 2 N–H and O–H groups in total. The predicted molar refractivity (Wildman–Crippen MR) is 57.4 cm³/mol. The molecule has 0 aliphatic heterocycles. The van der Waals surface area contributed by atoms with Crippen molar-refractivity contribution in [2.24, 2.45) is 0 Å². The summed E-state index contributed by atoms with van der Waals surface area (Å²) in [6.07, 6.45) is 1.89. The Hall–Kier alpha value is -1.89. The number of rotatable bonds is 3. The molecule has 1 rings (SSSR count). The number of carboxylic acids is 1. The molecule has 0 fully saturated rings. The number of carbonyl (C=O) groups is 2. The smallest absolute Gasteiger partial charge is 0.333 e. The van der Waals surface area contributed by atoms with Crippen LogP contribution in [0.4, 0.5) is 0 Å². The van der Waals surface area contributed by atoms with Crippen molar-refractivity contribution in [3.63, 3.8) is 0 Å². The largest absolute Gasteiger partial charge is 0.478 e. The number of carboxylic acid groups (broad SMARTS) is 1. The summed E-state index contributed by atoms with van der Waals surface area (Å²) in [5, 5.41) is 8.46. The third-order valence-electron chi connectivity index (χ3n) is 1.47. The molecule has 0 radical (unpaired) electrons. The van der Waals surface area contributed by atoms with Crippen LogP contribution in [0.25, 0.3) is 12.2 Å². The molecule has 16 heavy (non-hydrogen) atoms. The Morgan fingerprint density at radius 1 is 1.50 bits per heavy atom. The number of hydrogen-bond donors (Lipinski definition) is 2. The van der Waals surface area contributed by atoms with Crippen molar-refractivity contribution in [2.45, 2.75) is 6.92 Å². The fraction of sp³-hybridized carbons (Fsp3) is 0.222. The number of thiazole rings is 1. The summed E-state index contributed by atoms with van der Waals surface area (Å²) in [5.41, 5.74) is -0.539. The first-order chi connectivity index (χ1) is 7.52. The van der Waals surface area contributed by atoms with Crippen molar-refractivity contribution in [3.8, 4) is 0 Å². The Bertz CT molecular complexity index is 567. The van der Waals surface area contributed by atoms with Crippen molar-refractivity contribution in [1.29, 1.82) is 0 Å². The van der Waals surface area contributed by atoms with Gasteiger partial charge in [-0.05, 0) is 6.92 Å². The minimum absolute atomic E-state index is 0.0306. The van der Waals surface area contributed by atoms with Gasteiger partial charge in [0.1, 0.15) is 9.20 Å². The summed E-state index contributed by atoms with van der Waals surface area (Å²) in [4.78, 5) is 34.9. The molecule has 0 aliphatic rings. The van der Waals surface area contributed by atoms with Crippen molar-refractivity contribution in [3.05, 3.63) is 19.5 Å². The Morgan fingerprint density at radius 3 is 2.75 bits per heavy atom. The zero-order chi connectivity index (χ0) is 12.1. The molecule has 0 saturated carbocycles. The van der Waals surface area contributed by atoms with E-state index in [9.17, 15) is 14.4 Å². The highest BCUT2D eigenvalue weighted by Crippen LogP contribution is 1.79. The first-order valence-corrected chi connectivity index (χ1v) is 5.17. The van der Waals surface area contributed by atoms with E-state index in [4.69, 9.17) is 5.11 Å². The van der Waals surface area contributed by atoms with Crippen LogP contribution in [0, 0.1) is 0 Å². The first kappa shape index (κ1) is 12.2. The Labute approximate surface area is 93.5 Å². The number of ether oxygens (including phenoxy) is 1. The molecule has 1 aromatic rings. The van der Waals surface area contributed by atoms with Crippen LogP contribution >= 0.6 is 11.3 Å². The van der Waals surface area contributed by atoms with Gasteiger partial charge in [-0.15, -0.1) is 11.3 Å². The third kappa shape index (κ3) is 3.35. The van der Waals surface area contributed by atoms with E-state index < -0.39 is 17.5 Å². The van der Waals surface area contributed by atoms with Crippen molar-refractivity contribution >= 4 is 35.4 Å². The van der Waals surface area contributed by atoms with Crippen LogP contribution in [-0.4, -0.2) is 28.6 Å². The Morgan fingerprint density at radius 2 is 2.19 bits per heavy atom. The average Bonchev–Trinajstić information content (AvgIpc) is 2.45. The summed E-state index contributed by atoms with van der Waals surface area (Å²) < 4.78 is 4.93. The fourth-order valence-electron chi connectivity index (χ4n) is 0.927. The number of esters is 1. The molecule has 1 heterocycles. The van der Waals surface area contributed by atoms with Gasteiger partial charge >= 0.3 is 11.9 Å². The molecule has 0 amide bonds. The van der Waals surface area contributed by atoms with Crippen LogP contribution in [0.5, 0.6) is 0 Å². The lowest BCUT2D eigenvalue weighted by Gasteiger charge is -1.92. The van der Waals surface area contributed by atoms with Gasteiger partial charge in [-0.1, -0.05) is 0 Å². The second kappa shape index (κ2) is 5.26. The maximum Gasteiger partial charge on any atom is 0.333 e. The lowest BCUT2D eigenvalue weighted by Crippen LogP contribution is -2.21. The van der Waals surface area contributed by atoms with Gasteiger partial charge in [-0.25, -0.2) is 9.59 Å². The number of hydrogen-bond acceptors (Lipinski definition) is 5. The molecular formula is C9H9NO5S. The molecule has 86 valence electrons. The van der Waals surface area contributed by atoms with Gasteiger partial charge in [0.05, 0.1) is 12.7 Å². The summed E-state index contributed by atoms with van der Waals surface area (Å²) >= 11 is 0.881. The summed E-state index contributed by atoms with van der Waals surface area (Å²) in [6, 6.07) is 0. The Balaban J connectivity index is 3.16. The van der Waals surface area contributed by atoms with Crippen LogP contribution in [-0.2, 0) is 14.3 Å². The number of carbonyl (C=O) groups excluding carboxylic acids is 1. The number of aliphatic carboxylic acids is 1. The summed E-state index contributed by atoms with van der Waals surface area (Å²) in [7, 11) is 0. The Kier molecular flexibility index (Phi) is 4.01. The molecule has 0 atom stereocenters. The van der Waals surface area contributed by atoms with Crippen molar-refractivity contribution < 1.29 is 19.4 Å². The molecule has 0 bridgehead atoms. The van der Waals surface area contributed by atoms with E-state index in [0.717, 1.165) is 23.5 Å². The minimum Gasteiger partial charge on any atom is -0.478 e. The molecule has 0 aliphatic carbocycles.